The lowest BCUT2D eigenvalue weighted by Gasteiger charge is -2.15. The third kappa shape index (κ3) is 5.26. The highest BCUT2D eigenvalue weighted by atomic mass is 35.5. The largest absolute Gasteiger partial charge is 0.490 e. The number of rotatable bonds is 8. The predicted octanol–water partition coefficient (Wildman–Crippen LogP) is 5.50. The molecule has 0 atom stereocenters. The average Bonchev–Trinajstić information content (AvgIpc) is 3.07. The smallest absolute Gasteiger partial charge is 0.266 e. The number of ether oxygens (including phenoxy) is 2. The first-order valence-electron chi connectivity index (χ1n) is 10.3. The summed E-state index contributed by atoms with van der Waals surface area (Å²) in [5.74, 6) is 0.802. The van der Waals surface area contributed by atoms with Gasteiger partial charge in [0.1, 0.15) is 6.61 Å². The van der Waals surface area contributed by atoms with Gasteiger partial charge < -0.3 is 9.47 Å². The van der Waals surface area contributed by atoms with Gasteiger partial charge in [-0.2, -0.15) is 5.26 Å². The fourth-order valence-electron chi connectivity index (χ4n) is 3.17. The second-order valence-corrected chi connectivity index (χ2v) is 8.15. The molecule has 166 valence electrons. The molecule has 3 rings (SSSR count). The Labute approximate surface area is 197 Å². The molecule has 1 amide bonds. The first kappa shape index (κ1) is 23.7. The minimum Gasteiger partial charge on any atom is -0.490 e. The Morgan fingerprint density at radius 3 is 2.69 bits per heavy atom. The number of halogens is 1. The lowest BCUT2D eigenvalue weighted by atomic mass is 10.1. The van der Waals surface area contributed by atoms with Crippen LogP contribution in [-0.4, -0.2) is 35.7 Å². The fraction of sp³-hybridized carbons (Fsp3) is 0.292. The van der Waals surface area contributed by atoms with Crippen molar-refractivity contribution in [3.8, 4) is 17.6 Å². The number of likely N-dealkylation sites (N-methyl/N-ethyl adjacent to an activating group) is 1. The van der Waals surface area contributed by atoms with Gasteiger partial charge in [0.2, 0.25) is 0 Å². The van der Waals surface area contributed by atoms with Gasteiger partial charge in [-0.05, 0) is 62.4 Å². The van der Waals surface area contributed by atoms with Gasteiger partial charge in [0.25, 0.3) is 5.91 Å². The molecule has 0 radical (unpaired) electrons. The van der Waals surface area contributed by atoms with Gasteiger partial charge in [-0.25, -0.2) is 0 Å². The molecule has 1 saturated heterocycles. The number of hydrogen-bond acceptors (Lipinski definition) is 6. The van der Waals surface area contributed by atoms with Gasteiger partial charge in [-0.15, -0.1) is 0 Å². The summed E-state index contributed by atoms with van der Waals surface area (Å²) in [6.07, 6.45) is 1.79. The average molecular weight is 470 g/mol. The summed E-state index contributed by atoms with van der Waals surface area (Å²) in [5.41, 5.74) is 2.03. The van der Waals surface area contributed by atoms with E-state index in [1.54, 1.807) is 29.2 Å². The number of aliphatic imine (C=N–C) groups is 1. The number of carbonyl (C=O) groups excluding carboxylic acids is 1. The molecular formula is C24H24ClN3O3S. The number of benzene rings is 2. The van der Waals surface area contributed by atoms with Crippen molar-refractivity contribution in [1.82, 2.24) is 4.90 Å². The molecule has 0 spiro atoms. The number of amides is 1. The maximum absolute atomic E-state index is 12.7. The van der Waals surface area contributed by atoms with E-state index in [1.165, 1.54) is 11.8 Å². The highest BCUT2D eigenvalue weighted by Crippen LogP contribution is 2.39. The summed E-state index contributed by atoms with van der Waals surface area (Å²) in [6.45, 7) is 7.51. The molecule has 2 aromatic carbocycles. The van der Waals surface area contributed by atoms with Crippen LogP contribution in [0.5, 0.6) is 11.5 Å². The summed E-state index contributed by atoms with van der Waals surface area (Å²) in [7, 11) is 0. The van der Waals surface area contributed by atoms with E-state index in [1.807, 2.05) is 39.0 Å². The van der Waals surface area contributed by atoms with Crippen LogP contribution in [0.2, 0.25) is 5.02 Å². The second-order valence-electron chi connectivity index (χ2n) is 6.74. The van der Waals surface area contributed by atoms with Crippen LogP contribution >= 0.6 is 23.4 Å². The van der Waals surface area contributed by atoms with Crippen LogP contribution in [0, 0.1) is 11.3 Å². The monoisotopic (exact) mass is 469 g/mol. The van der Waals surface area contributed by atoms with E-state index in [0.717, 1.165) is 11.1 Å². The Kier molecular flexibility index (Phi) is 8.20. The Morgan fingerprint density at radius 1 is 1.22 bits per heavy atom. The van der Waals surface area contributed by atoms with Crippen molar-refractivity contribution in [3.63, 3.8) is 0 Å². The van der Waals surface area contributed by atoms with E-state index in [4.69, 9.17) is 21.1 Å². The lowest BCUT2D eigenvalue weighted by Crippen LogP contribution is -2.28. The van der Waals surface area contributed by atoms with E-state index >= 15 is 0 Å². The zero-order chi connectivity index (χ0) is 23.1. The molecule has 0 unspecified atom stereocenters. The third-order valence-electron chi connectivity index (χ3n) is 4.64. The van der Waals surface area contributed by atoms with Crippen molar-refractivity contribution >= 4 is 40.5 Å². The zero-order valence-electron chi connectivity index (χ0n) is 18.2. The van der Waals surface area contributed by atoms with E-state index in [2.05, 4.69) is 11.1 Å². The summed E-state index contributed by atoms with van der Waals surface area (Å²) < 4.78 is 11.7. The third-order valence-corrected chi connectivity index (χ3v) is 5.96. The normalized spacial score (nSPS) is 16.0. The minimum absolute atomic E-state index is 0.0766. The molecule has 0 N–H and O–H groups in total. The first-order valence-corrected chi connectivity index (χ1v) is 11.5. The summed E-state index contributed by atoms with van der Waals surface area (Å²) >= 11 is 7.89. The van der Waals surface area contributed by atoms with Crippen LogP contribution in [0.15, 0.2) is 46.3 Å². The minimum atomic E-state index is -0.0766. The van der Waals surface area contributed by atoms with Crippen LogP contribution in [0.25, 0.3) is 6.08 Å². The molecule has 0 saturated carbocycles. The van der Waals surface area contributed by atoms with Crippen molar-refractivity contribution in [2.24, 2.45) is 4.99 Å². The molecule has 0 aromatic heterocycles. The maximum Gasteiger partial charge on any atom is 0.266 e. The molecule has 0 bridgehead atoms. The zero-order valence-corrected chi connectivity index (χ0v) is 19.8. The van der Waals surface area contributed by atoms with Gasteiger partial charge >= 0.3 is 0 Å². The van der Waals surface area contributed by atoms with Crippen molar-refractivity contribution in [3.05, 3.63) is 63.0 Å². The molecule has 6 nitrogen and oxygen atoms in total. The number of nitrogens with zero attached hydrogens (tertiary/aromatic N) is 3. The molecule has 1 fully saturated rings. The van der Waals surface area contributed by atoms with Gasteiger partial charge in [0.15, 0.2) is 16.7 Å². The van der Waals surface area contributed by atoms with Crippen LogP contribution in [0.1, 0.15) is 37.5 Å². The number of hydrogen-bond donors (Lipinski definition) is 0. The van der Waals surface area contributed by atoms with Gasteiger partial charge in [0.05, 0.1) is 28.2 Å². The molecule has 1 heterocycles. The van der Waals surface area contributed by atoms with E-state index in [9.17, 15) is 10.1 Å². The number of amidine groups is 1. The molecule has 1 aliphatic heterocycles. The van der Waals surface area contributed by atoms with Crippen LogP contribution in [0.4, 0.5) is 0 Å². The number of nitriles is 1. The molecule has 1 aliphatic rings. The predicted molar refractivity (Wildman–Crippen MR) is 129 cm³/mol. The molecule has 8 heteroatoms. The highest BCUT2D eigenvalue weighted by Gasteiger charge is 2.32. The van der Waals surface area contributed by atoms with Crippen LogP contribution in [-0.2, 0) is 11.4 Å². The second kappa shape index (κ2) is 11.1. The molecule has 0 aliphatic carbocycles. The Balaban J connectivity index is 1.90. The summed E-state index contributed by atoms with van der Waals surface area (Å²) in [6, 6.07) is 12.9. The van der Waals surface area contributed by atoms with Gasteiger partial charge in [0, 0.05) is 18.7 Å². The van der Waals surface area contributed by atoms with Crippen LogP contribution < -0.4 is 9.47 Å². The topological polar surface area (TPSA) is 74.9 Å². The van der Waals surface area contributed by atoms with Crippen molar-refractivity contribution in [2.45, 2.75) is 27.4 Å². The fourth-order valence-corrected chi connectivity index (χ4v) is 4.55. The van der Waals surface area contributed by atoms with E-state index in [-0.39, 0.29) is 12.5 Å². The molecular weight excluding hydrogens is 446 g/mol. The summed E-state index contributed by atoms with van der Waals surface area (Å²) in [4.78, 5) is 19.4. The Morgan fingerprint density at radius 2 is 2.00 bits per heavy atom. The Hall–Kier alpha value is -2.95. The van der Waals surface area contributed by atoms with E-state index < -0.39 is 0 Å². The first-order chi connectivity index (χ1) is 15.5. The molecule has 2 aromatic rings. The Bertz CT molecular complexity index is 1110. The molecule has 32 heavy (non-hydrogen) atoms. The number of thioether (sulfide) groups is 1. The quantitative estimate of drug-likeness (QED) is 0.477. The van der Waals surface area contributed by atoms with Crippen molar-refractivity contribution in [2.75, 3.05) is 19.7 Å². The number of carbonyl (C=O) groups is 1. The van der Waals surface area contributed by atoms with Gasteiger partial charge in [-0.1, -0.05) is 29.8 Å². The SMILES string of the molecule is CCN=C1SC(=Cc2cc(Cl)c(OCc3ccccc3C#N)c(OCC)c2)C(=O)N1CC. The van der Waals surface area contributed by atoms with E-state index in [0.29, 0.717) is 51.9 Å². The van der Waals surface area contributed by atoms with Gasteiger partial charge in [-0.3, -0.25) is 14.7 Å². The lowest BCUT2D eigenvalue weighted by molar-refractivity contribution is -0.122. The summed E-state index contributed by atoms with van der Waals surface area (Å²) in [5, 5.41) is 10.4. The van der Waals surface area contributed by atoms with Crippen molar-refractivity contribution in [1.29, 1.82) is 5.26 Å². The van der Waals surface area contributed by atoms with Crippen molar-refractivity contribution < 1.29 is 14.3 Å². The standard InChI is InChI=1S/C24H24ClN3O3S/c1-4-27-24-28(5-2)23(29)21(32-24)13-16-11-19(25)22(20(12-16)30-6-3)31-15-18-10-8-7-9-17(18)14-26/h7-13H,4-6,15H2,1-3H3. The highest BCUT2D eigenvalue weighted by molar-refractivity contribution is 8.18. The maximum atomic E-state index is 12.7. The van der Waals surface area contributed by atoms with Crippen LogP contribution in [0.3, 0.4) is 0 Å².